The average Bonchev–Trinajstić information content (AvgIpc) is 2.87. The van der Waals surface area contributed by atoms with Crippen LogP contribution in [0.2, 0.25) is 0 Å². The first kappa shape index (κ1) is 15.6. The molecule has 1 aromatic rings. The van der Waals surface area contributed by atoms with Gasteiger partial charge in [0.1, 0.15) is 18.1 Å². The maximum absolute atomic E-state index is 11.8. The van der Waals surface area contributed by atoms with Crippen molar-refractivity contribution in [1.82, 2.24) is 10.6 Å². The summed E-state index contributed by atoms with van der Waals surface area (Å²) in [6, 6.07) is 6.12. The summed E-state index contributed by atoms with van der Waals surface area (Å²) in [4.78, 5) is 11.8. The predicted octanol–water partition coefficient (Wildman–Crippen LogP) is 2.02. The maximum Gasteiger partial charge on any atom is 0.258 e. The largest absolute Gasteiger partial charge is 0.491 e. The monoisotopic (exact) mass is 292 g/mol. The van der Waals surface area contributed by atoms with E-state index >= 15 is 0 Å². The minimum atomic E-state index is -0.0922. The van der Waals surface area contributed by atoms with E-state index in [9.17, 15) is 4.79 Å². The van der Waals surface area contributed by atoms with Crippen LogP contribution >= 0.6 is 0 Å². The van der Waals surface area contributed by atoms with Crippen LogP contribution in [0.4, 0.5) is 0 Å². The van der Waals surface area contributed by atoms with Gasteiger partial charge in [-0.1, -0.05) is 13.3 Å². The zero-order valence-corrected chi connectivity index (χ0v) is 12.9. The third-order valence-corrected chi connectivity index (χ3v) is 3.61. The van der Waals surface area contributed by atoms with Gasteiger partial charge in [-0.3, -0.25) is 4.79 Å². The summed E-state index contributed by atoms with van der Waals surface area (Å²) < 4.78 is 11.1. The second-order valence-electron chi connectivity index (χ2n) is 5.40. The third kappa shape index (κ3) is 4.11. The first-order valence-corrected chi connectivity index (χ1v) is 7.50. The molecule has 0 bridgehead atoms. The van der Waals surface area contributed by atoms with Crippen LogP contribution in [-0.2, 0) is 4.79 Å². The van der Waals surface area contributed by atoms with Gasteiger partial charge in [0.2, 0.25) is 0 Å². The number of hydrogen-bond donors (Lipinski definition) is 2. The van der Waals surface area contributed by atoms with Crippen LogP contribution in [-0.4, -0.2) is 32.2 Å². The van der Waals surface area contributed by atoms with Gasteiger partial charge in [-0.05, 0) is 32.5 Å². The highest BCUT2D eigenvalue weighted by molar-refractivity contribution is 5.77. The van der Waals surface area contributed by atoms with Gasteiger partial charge in [0.25, 0.3) is 5.91 Å². The summed E-state index contributed by atoms with van der Waals surface area (Å²) in [5.41, 5.74) is 1.13. The molecule has 0 aliphatic carbocycles. The zero-order valence-electron chi connectivity index (χ0n) is 12.9. The van der Waals surface area contributed by atoms with Crippen molar-refractivity contribution >= 4 is 5.91 Å². The number of carbonyl (C=O) groups excluding carboxylic acids is 1. The van der Waals surface area contributed by atoms with Crippen molar-refractivity contribution in [1.29, 1.82) is 0 Å². The van der Waals surface area contributed by atoms with Crippen molar-refractivity contribution in [2.24, 2.45) is 0 Å². The van der Waals surface area contributed by atoms with Crippen molar-refractivity contribution in [3.63, 3.8) is 0 Å². The minimum absolute atomic E-state index is 0.0301. The second-order valence-corrected chi connectivity index (χ2v) is 5.40. The Morgan fingerprint density at radius 1 is 1.52 bits per heavy atom. The number of ether oxygens (including phenoxy) is 2. The Balaban J connectivity index is 1.86. The molecule has 1 aliphatic heterocycles. The van der Waals surface area contributed by atoms with Crippen LogP contribution in [0.25, 0.3) is 0 Å². The van der Waals surface area contributed by atoms with Crippen molar-refractivity contribution in [2.45, 2.75) is 38.8 Å². The van der Waals surface area contributed by atoms with Gasteiger partial charge >= 0.3 is 0 Å². The summed E-state index contributed by atoms with van der Waals surface area (Å²) in [5.74, 6) is 1.39. The molecule has 0 saturated heterocycles. The van der Waals surface area contributed by atoms with Crippen molar-refractivity contribution in [3.8, 4) is 11.5 Å². The number of likely N-dealkylation sites (N-methyl/N-ethyl adjacent to an activating group) is 1. The number of fused-ring (bicyclic) bond motifs is 1. The molecule has 0 fully saturated rings. The zero-order chi connectivity index (χ0) is 15.2. The molecule has 0 aromatic heterocycles. The molecule has 2 N–H and O–H groups in total. The van der Waals surface area contributed by atoms with Gasteiger partial charge in [-0.25, -0.2) is 0 Å². The lowest BCUT2D eigenvalue weighted by Crippen LogP contribution is -2.35. The number of hydrogen-bond acceptors (Lipinski definition) is 4. The van der Waals surface area contributed by atoms with E-state index in [1.807, 2.05) is 32.2 Å². The van der Waals surface area contributed by atoms with Crippen LogP contribution in [0.1, 0.15) is 38.3 Å². The van der Waals surface area contributed by atoms with Crippen molar-refractivity contribution in [3.05, 3.63) is 23.8 Å². The van der Waals surface area contributed by atoms with E-state index in [1.54, 1.807) is 0 Å². The normalized spacial score (nSPS) is 17.8. The molecule has 2 rings (SSSR count). The Hall–Kier alpha value is -1.75. The molecular formula is C16H24N2O3. The summed E-state index contributed by atoms with van der Waals surface area (Å²) in [5, 5.41) is 6.11. The van der Waals surface area contributed by atoms with Gasteiger partial charge in [0.15, 0.2) is 6.61 Å². The molecule has 0 spiro atoms. The summed E-state index contributed by atoms with van der Waals surface area (Å²) in [6.07, 6.45) is 2.03. The Labute approximate surface area is 126 Å². The highest BCUT2D eigenvalue weighted by Crippen LogP contribution is 2.34. The molecule has 2 atom stereocenters. The van der Waals surface area contributed by atoms with Crippen LogP contribution in [0.5, 0.6) is 11.5 Å². The first-order valence-electron chi connectivity index (χ1n) is 7.50. The summed E-state index contributed by atoms with van der Waals surface area (Å²) in [7, 11) is 1.91. The third-order valence-electron chi connectivity index (χ3n) is 3.61. The van der Waals surface area contributed by atoms with Gasteiger partial charge in [0.05, 0.1) is 6.04 Å². The lowest BCUT2D eigenvalue weighted by Gasteiger charge is -2.13. The van der Waals surface area contributed by atoms with E-state index in [4.69, 9.17) is 9.47 Å². The average molecular weight is 292 g/mol. The molecule has 1 amide bonds. The van der Waals surface area contributed by atoms with E-state index in [2.05, 4.69) is 17.6 Å². The fraction of sp³-hybridized carbons (Fsp3) is 0.562. The Morgan fingerprint density at radius 3 is 3.05 bits per heavy atom. The number of nitrogens with one attached hydrogen (secondary N) is 2. The lowest BCUT2D eigenvalue weighted by atomic mass is 10.1. The molecule has 0 saturated carbocycles. The van der Waals surface area contributed by atoms with E-state index in [-0.39, 0.29) is 24.6 Å². The van der Waals surface area contributed by atoms with Gasteiger partial charge < -0.3 is 20.1 Å². The minimum Gasteiger partial charge on any atom is -0.491 e. The molecule has 2 unspecified atom stereocenters. The Bertz CT molecular complexity index is 490. The van der Waals surface area contributed by atoms with Crippen LogP contribution in [0.3, 0.4) is 0 Å². The number of rotatable bonds is 7. The molecule has 5 heteroatoms. The second kappa shape index (κ2) is 7.31. The first-order chi connectivity index (χ1) is 10.1. The van der Waals surface area contributed by atoms with Gasteiger partial charge in [0, 0.05) is 17.7 Å². The van der Waals surface area contributed by atoms with Crippen molar-refractivity contribution < 1.29 is 14.3 Å². The molecule has 21 heavy (non-hydrogen) atoms. The van der Waals surface area contributed by atoms with Gasteiger partial charge in [-0.15, -0.1) is 0 Å². The fourth-order valence-corrected chi connectivity index (χ4v) is 2.49. The fourth-order valence-electron chi connectivity index (χ4n) is 2.49. The molecular weight excluding hydrogens is 268 g/mol. The standard InChI is InChI=1S/C16H24N2O3/c1-4-5-11(2)18-16(19)10-20-12-6-7-13-14(17-3)9-21-15(13)8-12/h6-8,11,14,17H,4-5,9-10H2,1-3H3,(H,18,19). The van der Waals surface area contributed by atoms with E-state index in [0.29, 0.717) is 12.4 Å². The van der Waals surface area contributed by atoms with E-state index in [1.165, 1.54) is 0 Å². The summed E-state index contributed by atoms with van der Waals surface area (Å²) in [6.45, 7) is 4.76. The lowest BCUT2D eigenvalue weighted by molar-refractivity contribution is -0.123. The molecule has 1 aliphatic rings. The van der Waals surface area contributed by atoms with Crippen molar-refractivity contribution in [2.75, 3.05) is 20.3 Å². The highest BCUT2D eigenvalue weighted by Gasteiger charge is 2.22. The quantitative estimate of drug-likeness (QED) is 0.807. The number of benzene rings is 1. The topological polar surface area (TPSA) is 59.6 Å². The molecule has 116 valence electrons. The Kier molecular flexibility index (Phi) is 5.44. The van der Waals surface area contributed by atoms with E-state index < -0.39 is 0 Å². The van der Waals surface area contributed by atoms with Crippen LogP contribution in [0.15, 0.2) is 18.2 Å². The smallest absolute Gasteiger partial charge is 0.258 e. The molecule has 5 nitrogen and oxygen atoms in total. The van der Waals surface area contributed by atoms with Crippen LogP contribution in [0, 0.1) is 0 Å². The molecule has 1 aromatic carbocycles. The van der Waals surface area contributed by atoms with Gasteiger partial charge in [-0.2, -0.15) is 0 Å². The predicted molar refractivity (Wildman–Crippen MR) is 81.7 cm³/mol. The molecule has 1 heterocycles. The number of amides is 1. The summed E-state index contributed by atoms with van der Waals surface area (Å²) >= 11 is 0. The Morgan fingerprint density at radius 2 is 2.33 bits per heavy atom. The maximum atomic E-state index is 11.8. The number of carbonyl (C=O) groups is 1. The molecule has 0 radical (unpaired) electrons. The highest BCUT2D eigenvalue weighted by atomic mass is 16.5. The van der Waals surface area contributed by atoms with Crippen LogP contribution < -0.4 is 20.1 Å². The van der Waals surface area contributed by atoms with E-state index in [0.717, 1.165) is 24.2 Å². The SMILES string of the molecule is CCCC(C)NC(=O)COc1ccc2c(c1)OCC2NC.